The van der Waals surface area contributed by atoms with Crippen molar-refractivity contribution in [1.82, 2.24) is 4.90 Å². The predicted molar refractivity (Wildman–Crippen MR) is 51.1 cm³/mol. The van der Waals surface area contributed by atoms with Crippen LogP contribution in [-0.2, 0) is 0 Å². The minimum Gasteiger partial charge on any atom is -0.395 e. The van der Waals surface area contributed by atoms with Crippen molar-refractivity contribution in [3.05, 3.63) is 0 Å². The lowest BCUT2D eigenvalue weighted by atomic mass is 9.91. The lowest BCUT2D eigenvalue weighted by Gasteiger charge is -2.27. The zero-order valence-electron chi connectivity index (χ0n) is 8.67. The Labute approximate surface area is 75.6 Å². The third-order valence-corrected chi connectivity index (χ3v) is 2.74. The lowest BCUT2D eigenvalue weighted by Crippen LogP contribution is -2.37. The van der Waals surface area contributed by atoms with Gasteiger partial charge in [-0.05, 0) is 25.7 Å². The van der Waals surface area contributed by atoms with Crippen molar-refractivity contribution in [2.75, 3.05) is 13.2 Å². The fraction of sp³-hybridized carbons (Fsp3) is 1.00. The number of aliphatic hydroxyl groups is 1. The molecule has 1 aliphatic rings. The van der Waals surface area contributed by atoms with E-state index in [1.54, 1.807) is 0 Å². The van der Waals surface area contributed by atoms with Crippen molar-refractivity contribution < 1.29 is 5.11 Å². The number of aliphatic hydroxyl groups excluding tert-OH is 1. The summed E-state index contributed by atoms with van der Waals surface area (Å²) in [6, 6.07) is 0.948. The minimum absolute atomic E-state index is 0.307. The molecule has 0 amide bonds. The van der Waals surface area contributed by atoms with E-state index in [4.69, 9.17) is 0 Å². The highest BCUT2D eigenvalue weighted by atomic mass is 16.3. The van der Waals surface area contributed by atoms with Crippen LogP contribution < -0.4 is 0 Å². The Hall–Kier alpha value is -0.0800. The largest absolute Gasteiger partial charge is 0.395 e. The van der Waals surface area contributed by atoms with Crippen molar-refractivity contribution in [3.8, 4) is 0 Å². The second-order valence-corrected chi connectivity index (χ2v) is 4.97. The molecule has 0 radical (unpaired) electrons. The summed E-state index contributed by atoms with van der Waals surface area (Å²) >= 11 is 0. The van der Waals surface area contributed by atoms with Crippen LogP contribution in [-0.4, -0.2) is 35.2 Å². The van der Waals surface area contributed by atoms with Gasteiger partial charge in [0.1, 0.15) is 0 Å². The van der Waals surface area contributed by atoms with Crippen LogP contribution in [0.2, 0.25) is 0 Å². The Kier molecular flexibility index (Phi) is 2.79. The van der Waals surface area contributed by atoms with Crippen LogP contribution in [0.3, 0.4) is 0 Å². The monoisotopic (exact) mass is 171 g/mol. The van der Waals surface area contributed by atoms with Gasteiger partial charge < -0.3 is 5.11 Å². The standard InChI is InChI=1S/C10H21NO/c1-8(2)11-7-10(3,4)5-9(11)6-12/h8-9,12H,5-7H2,1-4H3. The van der Waals surface area contributed by atoms with Crippen LogP contribution in [0.25, 0.3) is 0 Å². The van der Waals surface area contributed by atoms with Crippen molar-refractivity contribution in [1.29, 1.82) is 0 Å². The fourth-order valence-corrected chi connectivity index (χ4v) is 2.22. The van der Waals surface area contributed by atoms with E-state index in [0.29, 0.717) is 24.1 Å². The van der Waals surface area contributed by atoms with Gasteiger partial charge in [0.25, 0.3) is 0 Å². The molecule has 1 N–H and O–H groups in total. The second-order valence-electron chi connectivity index (χ2n) is 4.97. The van der Waals surface area contributed by atoms with E-state index in [2.05, 4.69) is 32.6 Å². The highest BCUT2D eigenvalue weighted by Gasteiger charge is 2.37. The van der Waals surface area contributed by atoms with Crippen molar-refractivity contribution in [2.24, 2.45) is 5.41 Å². The normalized spacial score (nSPS) is 30.0. The van der Waals surface area contributed by atoms with Gasteiger partial charge in [0.15, 0.2) is 0 Å². The van der Waals surface area contributed by atoms with Gasteiger partial charge in [-0.2, -0.15) is 0 Å². The first kappa shape index (κ1) is 10.0. The Morgan fingerprint density at radius 2 is 2.08 bits per heavy atom. The predicted octanol–water partition coefficient (Wildman–Crippen LogP) is 1.49. The summed E-state index contributed by atoms with van der Waals surface area (Å²) in [7, 11) is 0. The molecule has 0 aromatic heterocycles. The molecule has 2 heteroatoms. The van der Waals surface area contributed by atoms with Crippen molar-refractivity contribution in [2.45, 2.75) is 46.2 Å². The first-order valence-corrected chi connectivity index (χ1v) is 4.83. The van der Waals surface area contributed by atoms with Crippen LogP contribution in [0.5, 0.6) is 0 Å². The van der Waals surface area contributed by atoms with Crippen molar-refractivity contribution >= 4 is 0 Å². The maximum absolute atomic E-state index is 9.18. The number of hydrogen-bond donors (Lipinski definition) is 1. The summed E-state index contributed by atoms with van der Waals surface area (Å²) in [5.74, 6) is 0. The molecule has 0 bridgehead atoms. The highest BCUT2D eigenvalue weighted by molar-refractivity contribution is 4.91. The highest BCUT2D eigenvalue weighted by Crippen LogP contribution is 2.34. The van der Waals surface area contributed by atoms with Gasteiger partial charge in [0, 0.05) is 18.6 Å². The minimum atomic E-state index is 0.307. The Morgan fingerprint density at radius 1 is 1.50 bits per heavy atom. The molecule has 72 valence electrons. The summed E-state index contributed by atoms with van der Waals surface area (Å²) < 4.78 is 0. The van der Waals surface area contributed by atoms with E-state index in [9.17, 15) is 5.11 Å². The first-order valence-electron chi connectivity index (χ1n) is 4.83. The van der Waals surface area contributed by atoms with Gasteiger partial charge >= 0.3 is 0 Å². The number of likely N-dealkylation sites (tertiary alicyclic amines) is 1. The maximum Gasteiger partial charge on any atom is 0.0587 e. The smallest absolute Gasteiger partial charge is 0.0587 e. The number of rotatable bonds is 2. The van der Waals surface area contributed by atoms with Crippen molar-refractivity contribution in [3.63, 3.8) is 0 Å². The molecule has 1 atom stereocenters. The summed E-state index contributed by atoms with van der Waals surface area (Å²) in [5.41, 5.74) is 0.387. The number of nitrogens with zero attached hydrogens (tertiary/aromatic N) is 1. The summed E-state index contributed by atoms with van der Waals surface area (Å²) in [6.07, 6.45) is 1.13. The zero-order chi connectivity index (χ0) is 9.35. The molecule has 1 saturated heterocycles. The van der Waals surface area contributed by atoms with Gasteiger partial charge in [0.2, 0.25) is 0 Å². The van der Waals surface area contributed by atoms with E-state index in [1.807, 2.05) is 0 Å². The molecule has 1 rings (SSSR count). The van der Waals surface area contributed by atoms with E-state index in [0.717, 1.165) is 13.0 Å². The lowest BCUT2D eigenvalue weighted by molar-refractivity contribution is 0.131. The molecule has 12 heavy (non-hydrogen) atoms. The average Bonchev–Trinajstić information content (AvgIpc) is 2.25. The van der Waals surface area contributed by atoms with Crippen LogP contribution in [0, 0.1) is 5.41 Å². The molecule has 0 saturated carbocycles. The Morgan fingerprint density at radius 3 is 2.42 bits per heavy atom. The maximum atomic E-state index is 9.18. The van der Waals surface area contributed by atoms with Crippen LogP contribution in [0.1, 0.15) is 34.1 Å². The van der Waals surface area contributed by atoms with E-state index >= 15 is 0 Å². The van der Waals surface area contributed by atoms with Crippen LogP contribution >= 0.6 is 0 Å². The average molecular weight is 171 g/mol. The van der Waals surface area contributed by atoms with Crippen LogP contribution in [0.15, 0.2) is 0 Å². The summed E-state index contributed by atoms with van der Waals surface area (Å²) in [4.78, 5) is 2.40. The Balaban J connectivity index is 2.63. The molecule has 0 aromatic carbocycles. The summed E-state index contributed by atoms with van der Waals surface area (Å²) in [6.45, 7) is 10.4. The molecule has 1 heterocycles. The van der Waals surface area contributed by atoms with Gasteiger partial charge in [-0.15, -0.1) is 0 Å². The molecule has 0 aliphatic carbocycles. The second kappa shape index (κ2) is 3.35. The molecule has 1 unspecified atom stereocenters. The molecule has 1 aliphatic heterocycles. The third kappa shape index (κ3) is 1.99. The fourth-order valence-electron chi connectivity index (χ4n) is 2.22. The molecular formula is C10H21NO. The summed E-state index contributed by atoms with van der Waals surface area (Å²) in [5, 5.41) is 9.18. The third-order valence-electron chi connectivity index (χ3n) is 2.74. The molecular weight excluding hydrogens is 150 g/mol. The first-order chi connectivity index (χ1) is 5.46. The van der Waals surface area contributed by atoms with Gasteiger partial charge in [-0.3, -0.25) is 4.90 Å². The quantitative estimate of drug-likeness (QED) is 0.680. The van der Waals surface area contributed by atoms with Gasteiger partial charge in [-0.1, -0.05) is 13.8 Å². The van der Waals surface area contributed by atoms with E-state index in [-0.39, 0.29) is 0 Å². The molecule has 2 nitrogen and oxygen atoms in total. The topological polar surface area (TPSA) is 23.5 Å². The molecule has 0 aromatic rings. The zero-order valence-corrected chi connectivity index (χ0v) is 8.67. The van der Waals surface area contributed by atoms with E-state index < -0.39 is 0 Å². The number of hydrogen-bond acceptors (Lipinski definition) is 2. The molecule has 0 spiro atoms. The van der Waals surface area contributed by atoms with Gasteiger partial charge in [-0.25, -0.2) is 0 Å². The SMILES string of the molecule is CC(C)N1CC(C)(C)CC1CO. The van der Waals surface area contributed by atoms with E-state index in [1.165, 1.54) is 0 Å². The molecule has 1 fully saturated rings. The van der Waals surface area contributed by atoms with Gasteiger partial charge in [0.05, 0.1) is 6.61 Å². The Bertz CT molecular complexity index is 154. The van der Waals surface area contributed by atoms with Crippen LogP contribution in [0.4, 0.5) is 0 Å².